The van der Waals surface area contributed by atoms with Crippen LogP contribution >= 0.6 is 11.8 Å². The van der Waals surface area contributed by atoms with Gasteiger partial charge in [0.1, 0.15) is 6.54 Å². The third-order valence-electron chi connectivity index (χ3n) is 3.29. The van der Waals surface area contributed by atoms with Gasteiger partial charge in [0, 0.05) is 15.5 Å². The molecule has 2 aromatic rings. The molecule has 2 N–H and O–H groups in total. The minimum Gasteiger partial charge on any atom is -0.453 e. The van der Waals surface area contributed by atoms with E-state index in [0.29, 0.717) is 5.69 Å². The molecule has 0 aromatic heterocycles. The fourth-order valence-electron chi connectivity index (χ4n) is 1.98. The van der Waals surface area contributed by atoms with Gasteiger partial charge in [-0.05, 0) is 55.3 Å². The smallest absolute Gasteiger partial charge is 0.407 e. The maximum atomic E-state index is 11.7. The molecule has 0 saturated heterocycles. The van der Waals surface area contributed by atoms with Gasteiger partial charge in [-0.15, -0.1) is 0 Å². The minimum atomic E-state index is -0.634. The molecule has 0 saturated carbocycles. The van der Waals surface area contributed by atoms with Gasteiger partial charge in [0.05, 0.1) is 7.11 Å². The summed E-state index contributed by atoms with van der Waals surface area (Å²) in [4.78, 5) is 24.9. The zero-order valence-electron chi connectivity index (χ0n) is 13.9. The summed E-state index contributed by atoms with van der Waals surface area (Å²) >= 11 is 1.69. The van der Waals surface area contributed by atoms with E-state index in [1.165, 1.54) is 23.1 Å². The van der Waals surface area contributed by atoms with E-state index in [1.807, 2.05) is 24.3 Å². The Morgan fingerprint density at radius 1 is 1.08 bits per heavy atom. The lowest BCUT2D eigenvalue weighted by Crippen LogP contribution is -2.32. The van der Waals surface area contributed by atoms with Crippen LogP contribution in [0.2, 0.25) is 0 Å². The summed E-state index contributed by atoms with van der Waals surface area (Å²) in [6.07, 6.45) is -0.634. The van der Waals surface area contributed by atoms with Gasteiger partial charge in [0.25, 0.3) is 0 Å². The third kappa shape index (κ3) is 5.31. The van der Waals surface area contributed by atoms with Crippen LogP contribution in [0.15, 0.2) is 52.3 Å². The number of hydrogen-bond acceptors (Lipinski definition) is 4. The fraction of sp³-hybridized carbons (Fsp3) is 0.222. The number of benzene rings is 2. The molecule has 0 unspecified atom stereocenters. The van der Waals surface area contributed by atoms with E-state index >= 15 is 0 Å². The first kappa shape index (κ1) is 17.9. The molecule has 0 fully saturated rings. The van der Waals surface area contributed by atoms with Crippen molar-refractivity contribution in [1.82, 2.24) is 5.32 Å². The summed E-state index contributed by atoms with van der Waals surface area (Å²) in [6.45, 7) is 4.03. The number of nitrogens with one attached hydrogen (secondary N) is 2. The van der Waals surface area contributed by atoms with Gasteiger partial charge >= 0.3 is 6.09 Å². The van der Waals surface area contributed by atoms with Crippen LogP contribution in [0.3, 0.4) is 0 Å². The Labute approximate surface area is 145 Å². The van der Waals surface area contributed by atoms with E-state index in [1.54, 1.807) is 11.8 Å². The molecule has 0 aliphatic heterocycles. The molecule has 0 spiro atoms. The Bertz CT molecular complexity index is 730. The van der Waals surface area contributed by atoms with E-state index in [-0.39, 0.29) is 12.5 Å². The lowest BCUT2D eigenvalue weighted by atomic mass is 10.2. The zero-order valence-corrected chi connectivity index (χ0v) is 14.7. The Morgan fingerprint density at radius 3 is 2.46 bits per heavy atom. The quantitative estimate of drug-likeness (QED) is 0.867. The normalized spacial score (nSPS) is 10.1. The van der Waals surface area contributed by atoms with Crippen molar-refractivity contribution in [2.24, 2.45) is 0 Å². The Hall–Kier alpha value is -2.47. The van der Waals surface area contributed by atoms with Crippen molar-refractivity contribution in [3.05, 3.63) is 53.6 Å². The average Bonchev–Trinajstić information content (AvgIpc) is 2.57. The highest BCUT2D eigenvalue weighted by Crippen LogP contribution is 2.31. The van der Waals surface area contributed by atoms with Crippen LogP contribution in [0.25, 0.3) is 0 Å². The molecule has 24 heavy (non-hydrogen) atoms. The molecule has 2 amide bonds. The number of rotatable bonds is 5. The van der Waals surface area contributed by atoms with Gasteiger partial charge in [-0.1, -0.05) is 23.9 Å². The lowest BCUT2D eigenvalue weighted by Gasteiger charge is -2.09. The molecule has 0 bridgehead atoms. The third-order valence-corrected chi connectivity index (χ3v) is 4.46. The Balaban J connectivity index is 1.94. The number of ether oxygens (including phenoxy) is 1. The maximum absolute atomic E-state index is 11.7. The second-order valence-electron chi connectivity index (χ2n) is 5.29. The molecule has 0 atom stereocenters. The standard InChI is InChI=1S/C18H20N2O3S/c1-12-4-5-13(2)16(10-12)24-15-8-6-14(7-9-15)20-17(21)11-19-18(22)23-3/h4-10H,11H2,1-3H3,(H,19,22)(H,20,21). The van der Waals surface area contributed by atoms with Crippen LogP contribution in [-0.4, -0.2) is 25.7 Å². The maximum Gasteiger partial charge on any atom is 0.407 e. The summed E-state index contributed by atoms with van der Waals surface area (Å²) in [5, 5.41) is 5.05. The average molecular weight is 344 g/mol. The predicted octanol–water partition coefficient (Wildman–Crippen LogP) is 3.75. The first-order valence-electron chi connectivity index (χ1n) is 7.45. The SMILES string of the molecule is COC(=O)NCC(=O)Nc1ccc(Sc2cc(C)ccc2C)cc1. The van der Waals surface area contributed by atoms with Gasteiger partial charge in [-0.25, -0.2) is 4.79 Å². The number of aryl methyl sites for hydroxylation is 2. The van der Waals surface area contributed by atoms with Crippen molar-refractivity contribution in [1.29, 1.82) is 0 Å². The van der Waals surface area contributed by atoms with E-state index in [2.05, 4.69) is 47.4 Å². The number of hydrogen-bond donors (Lipinski definition) is 2. The molecule has 6 heteroatoms. The number of methoxy groups -OCH3 is 1. The summed E-state index contributed by atoms with van der Waals surface area (Å²) in [6, 6.07) is 14.0. The summed E-state index contributed by atoms with van der Waals surface area (Å²) < 4.78 is 4.41. The molecular weight excluding hydrogens is 324 g/mol. The zero-order chi connectivity index (χ0) is 17.5. The summed E-state index contributed by atoms with van der Waals surface area (Å²) in [7, 11) is 1.25. The molecule has 2 aromatic carbocycles. The molecule has 0 aliphatic carbocycles. The number of alkyl carbamates (subject to hydrolysis) is 1. The molecule has 2 rings (SSSR count). The number of carbonyl (C=O) groups excluding carboxylic acids is 2. The van der Waals surface area contributed by atoms with Gasteiger partial charge in [-0.3, -0.25) is 4.79 Å². The van der Waals surface area contributed by atoms with Crippen molar-refractivity contribution in [2.45, 2.75) is 23.6 Å². The predicted molar refractivity (Wildman–Crippen MR) is 95.5 cm³/mol. The van der Waals surface area contributed by atoms with Crippen LogP contribution in [0, 0.1) is 13.8 Å². The molecular formula is C18H20N2O3S. The highest BCUT2D eigenvalue weighted by atomic mass is 32.2. The largest absolute Gasteiger partial charge is 0.453 e. The molecule has 0 heterocycles. The first-order chi connectivity index (χ1) is 11.5. The lowest BCUT2D eigenvalue weighted by molar-refractivity contribution is -0.115. The van der Waals surface area contributed by atoms with Gasteiger partial charge in [0.2, 0.25) is 5.91 Å². The molecule has 0 aliphatic rings. The number of anilines is 1. The van der Waals surface area contributed by atoms with Crippen molar-refractivity contribution >= 4 is 29.4 Å². The first-order valence-corrected chi connectivity index (χ1v) is 8.26. The molecule has 5 nitrogen and oxygen atoms in total. The Morgan fingerprint density at radius 2 is 1.79 bits per heavy atom. The summed E-state index contributed by atoms with van der Waals surface area (Å²) in [5.74, 6) is -0.310. The number of carbonyl (C=O) groups is 2. The molecule has 126 valence electrons. The van der Waals surface area contributed by atoms with Crippen molar-refractivity contribution in [3.63, 3.8) is 0 Å². The van der Waals surface area contributed by atoms with Crippen LogP contribution in [0.1, 0.15) is 11.1 Å². The highest BCUT2D eigenvalue weighted by molar-refractivity contribution is 7.99. The van der Waals surface area contributed by atoms with Gasteiger partial charge in [-0.2, -0.15) is 0 Å². The minimum absolute atomic E-state index is 0.133. The van der Waals surface area contributed by atoms with Crippen molar-refractivity contribution in [3.8, 4) is 0 Å². The highest BCUT2D eigenvalue weighted by Gasteiger charge is 2.06. The van der Waals surface area contributed by atoms with Gasteiger partial charge in [0.15, 0.2) is 0 Å². The van der Waals surface area contributed by atoms with Crippen LogP contribution in [0.4, 0.5) is 10.5 Å². The monoisotopic (exact) mass is 344 g/mol. The van der Waals surface area contributed by atoms with E-state index in [9.17, 15) is 9.59 Å². The fourth-order valence-corrected chi connectivity index (χ4v) is 2.98. The molecule has 0 radical (unpaired) electrons. The second kappa shape index (κ2) is 8.40. The topological polar surface area (TPSA) is 67.4 Å². The van der Waals surface area contributed by atoms with Gasteiger partial charge < -0.3 is 15.4 Å². The summed E-state index contributed by atoms with van der Waals surface area (Å²) in [5.41, 5.74) is 3.14. The van der Waals surface area contributed by atoms with Crippen LogP contribution in [0.5, 0.6) is 0 Å². The second-order valence-corrected chi connectivity index (χ2v) is 6.40. The van der Waals surface area contributed by atoms with Crippen molar-refractivity contribution in [2.75, 3.05) is 19.0 Å². The van der Waals surface area contributed by atoms with E-state index in [0.717, 1.165) is 4.90 Å². The van der Waals surface area contributed by atoms with Crippen LogP contribution < -0.4 is 10.6 Å². The number of amides is 2. The van der Waals surface area contributed by atoms with E-state index < -0.39 is 6.09 Å². The Kier molecular flexibility index (Phi) is 6.26. The van der Waals surface area contributed by atoms with Crippen LogP contribution in [-0.2, 0) is 9.53 Å². The van der Waals surface area contributed by atoms with E-state index in [4.69, 9.17) is 0 Å². The van der Waals surface area contributed by atoms with Crippen molar-refractivity contribution < 1.29 is 14.3 Å².